The molecule has 0 saturated carbocycles. The van der Waals surface area contributed by atoms with Crippen LogP contribution in [0.1, 0.15) is 6.42 Å². The van der Waals surface area contributed by atoms with Gasteiger partial charge in [-0.25, -0.2) is 4.79 Å². The fraction of sp³-hybridized carbons (Fsp3) is 0.600. The Morgan fingerprint density at radius 1 is 1.53 bits per heavy atom. The lowest BCUT2D eigenvalue weighted by molar-refractivity contribution is -0.133. The van der Waals surface area contributed by atoms with Crippen LogP contribution in [-0.2, 0) is 14.3 Å². The second-order valence-electron chi connectivity index (χ2n) is 3.41. The average Bonchev–Trinajstić information content (AvgIpc) is 2.13. The first-order chi connectivity index (χ1) is 7.02. The Balaban J connectivity index is 4.82. The number of hydrogen-bond acceptors (Lipinski definition) is 4. The summed E-state index contributed by atoms with van der Waals surface area (Å²) in [7, 11) is 4.94. The molecule has 0 spiro atoms. The highest BCUT2D eigenvalue weighted by Gasteiger charge is 2.20. The van der Waals surface area contributed by atoms with Gasteiger partial charge in [0.15, 0.2) is 0 Å². The molecule has 0 aromatic heterocycles. The lowest BCUT2D eigenvalue weighted by Crippen LogP contribution is -2.20. The molecule has 1 atom stereocenters. The van der Waals surface area contributed by atoms with Crippen LogP contribution in [0.25, 0.3) is 0 Å². The minimum Gasteiger partial charge on any atom is -0.478 e. The van der Waals surface area contributed by atoms with E-state index in [1.807, 2.05) is 0 Å². The Morgan fingerprint density at radius 3 is 2.47 bits per heavy atom. The van der Waals surface area contributed by atoms with Crippen LogP contribution in [0, 0.1) is 5.92 Å². The lowest BCUT2D eigenvalue weighted by atomic mass is 9.97. The third-order valence-corrected chi connectivity index (χ3v) is 1.83. The van der Waals surface area contributed by atoms with E-state index in [-0.39, 0.29) is 18.6 Å². The van der Waals surface area contributed by atoms with Crippen molar-refractivity contribution in [1.82, 2.24) is 4.90 Å². The van der Waals surface area contributed by atoms with Gasteiger partial charge in [-0.1, -0.05) is 0 Å². The minimum atomic E-state index is -1.02. The van der Waals surface area contributed by atoms with E-state index in [9.17, 15) is 9.59 Å². The van der Waals surface area contributed by atoms with Crippen LogP contribution in [0.15, 0.2) is 11.8 Å². The van der Waals surface area contributed by atoms with E-state index in [0.717, 1.165) is 0 Å². The van der Waals surface area contributed by atoms with Gasteiger partial charge in [0, 0.05) is 39.7 Å². The topological polar surface area (TPSA) is 66.8 Å². The lowest BCUT2D eigenvalue weighted by Gasteiger charge is -2.16. The zero-order valence-corrected chi connectivity index (χ0v) is 9.27. The maximum absolute atomic E-state index is 11.0. The van der Waals surface area contributed by atoms with Crippen LogP contribution in [0.4, 0.5) is 0 Å². The predicted octanol–water partition coefficient (Wildman–Crippen LogP) is 0.368. The first kappa shape index (κ1) is 13.6. The number of rotatable bonds is 7. The molecule has 1 N–H and O–H groups in total. The van der Waals surface area contributed by atoms with E-state index in [1.165, 1.54) is 13.3 Å². The molecule has 0 amide bonds. The number of methoxy groups -OCH3 is 1. The van der Waals surface area contributed by atoms with Gasteiger partial charge in [0.25, 0.3) is 0 Å². The molecule has 15 heavy (non-hydrogen) atoms. The van der Waals surface area contributed by atoms with Crippen LogP contribution < -0.4 is 0 Å². The first-order valence-electron chi connectivity index (χ1n) is 4.57. The Hall–Kier alpha value is -1.36. The molecule has 5 nitrogen and oxygen atoms in total. The van der Waals surface area contributed by atoms with Gasteiger partial charge < -0.3 is 19.5 Å². The van der Waals surface area contributed by atoms with E-state index in [0.29, 0.717) is 6.29 Å². The molecule has 0 rings (SSSR count). The van der Waals surface area contributed by atoms with Crippen LogP contribution in [0.5, 0.6) is 0 Å². The number of carbonyl (C=O) groups excluding carboxylic acids is 1. The van der Waals surface area contributed by atoms with Crippen molar-refractivity contribution in [2.24, 2.45) is 5.92 Å². The summed E-state index contributed by atoms with van der Waals surface area (Å²) < 4.78 is 4.89. The van der Waals surface area contributed by atoms with Crippen molar-refractivity contribution in [2.75, 3.05) is 27.8 Å². The van der Waals surface area contributed by atoms with Gasteiger partial charge in [0.05, 0.1) is 12.2 Å². The summed E-state index contributed by atoms with van der Waals surface area (Å²) in [5.41, 5.74) is 0.189. The molecular formula is C10H17NO4. The number of aliphatic carboxylic acids is 1. The normalized spacial score (nSPS) is 13.4. The van der Waals surface area contributed by atoms with E-state index < -0.39 is 11.9 Å². The Morgan fingerprint density at radius 2 is 2.13 bits per heavy atom. The van der Waals surface area contributed by atoms with Gasteiger partial charge >= 0.3 is 5.97 Å². The number of carboxylic acids is 1. The molecule has 0 aliphatic rings. The second kappa shape index (κ2) is 7.00. The number of carbonyl (C=O) groups is 2. The average molecular weight is 215 g/mol. The zero-order chi connectivity index (χ0) is 11.8. The fourth-order valence-electron chi connectivity index (χ4n) is 1.22. The molecule has 0 aliphatic heterocycles. The highest BCUT2D eigenvalue weighted by Crippen LogP contribution is 2.15. The number of nitrogens with zero attached hydrogens (tertiary/aromatic N) is 1. The number of ether oxygens (including phenoxy) is 1. The highest BCUT2D eigenvalue weighted by molar-refractivity contribution is 5.87. The molecule has 0 heterocycles. The van der Waals surface area contributed by atoms with Crippen molar-refractivity contribution in [3.63, 3.8) is 0 Å². The van der Waals surface area contributed by atoms with Gasteiger partial charge in [0.1, 0.15) is 6.29 Å². The maximum atomic E-state index is 11.0. The molecule has 0 bridgehead atoms. The molecular weight excluding hydrogens is 198 g/mol. The largest absolute Gasteiger partial charge is 0.478 e. The fourth-order valence-corrected chi connectivity index (χ4v) is 1.22. The van der Waals surface area contributed by atoms with Gasteiger partial charge in [0.2, 0.25) is 0 Å². The van der Waals surface area contributed by atoms with Gasteiger partial charge in [-0.15, -0.1) is 0 Å². The van der Waals surface area contributed by atoms with E-state index >= 15 is 0 Å². The monoisotopic (exact) mass is 215 g/mol. The quantitative estimate of drug-likeness (QED) is 0.491. The molecule has 0 aromatic rings. The van der Waals surface area contributed by atoms with Crippen LogP contribution in [0.2, 0.25) is 0 Å². The molecule has 0 aliphatic carbocycles. The summed E-state index contributed by atoms with van der Waals surface area (Å²) in [6.45, 7) is 0.227. The Labute approximate surface area is 89.3 Å². The number of aldehydes is 1. The Kier molecular flexibility index (Phi) is 6.37. The summed E-state index contributed by atoms with van der Waals surface area (Å²) in [6.07, 6.45) is 2.35. The van der Waals surface area contributed by atoms with Gasteiger partial charge in [-0.05, 0) is 0 Å². The standard InChI is InChI=1S/C10H17NO4/c1-11(2)6-9(10(13)14)8(4-5-12)7-15-3/h5-6,8H,4,7H2,1-3H3,(H,13,14). The highest BCUT2D eigenvalue weighted by atomic mass is 16.5. The van der Waals surface area contributed by atoms with Crippen molar-refractivity contribution < 1.29 is 19.4 Å². The molecule has 0 fully saturated rings. The van der Waals surface area contributed by atoms with E-state index in [4.69, 9.17) is 9.84 Å². The Bertz CT molecular complexity index is 248. The molecule has 0 aromatic carbocycles. The van der Waals surface area contributed by atoms with Crippen LogP contribution >= 0.6 is 0 Å². The van der Waals surface area contributed by atoms with Crippen LogP contribution in [0.3, 0.4) is 0 Å². The zero-order valence-electron chi connectivity index (χ0n) is 9.27. The van der Waals surface area contributed by atoms with E-state index in [1.54, 1.807) is 19.0 Å². The summed E-state index contributed by atoms with van der Waals surface area (Å²) in [6, 6.07) is 0. The molecule has 1 unspecified atom stereocenters. The molecule has 86 valence electrons. The van der Waals surface area contributed by atoms with E-state index in [2.05, 4.69) is 0 Å². The summed E-state index contributed by atoms with van der Waals surface area (Å²) >= 11 is 0. The van der Waals surface area contributed by atoms with Crippen molar-refractivity contribution >= 4 is 12.3 Å². The number of hydrogen-bond donors (Lipinski definition) is 1. The maximum Gasteiger partial charge on any atom is 0.333 e. The first-order valence-corrected chi connectivity index (χ1v) is 4.57. The summed E-state index contributed by atoms with van der Waals surface area (Å²) in [5.74, 6) is -1.42. The van der Waals surface area contributed by atoms with Crippen LogP contribution in [-0.4, -0.2) is 50.1 Å². The predicted molar refractivity (Wildman–Crippen MR) is 55.5 cm³/mol. The summed E-state index contributed by atoms with van der Waals surface area (Å²) in [4.78, 5) is 23.0. The molecule has 0 saturated heterocycles. The third kappa shape index (κ3) is 5.17. The summed E-state index contributed by atoms with van der Waals surface area (Å²) in [5, 5.41) is 8.98. The van der Waals surface area contributed by atoms with Crippen molar-refractivity contribution in [2.45, 2.75) is 6.42 Å². The third-order valence-electron chi connectivity index (χ3n) is 1.83. The number of carboxylic acid groups (broad SMARTS) is 1. The van der Waals surface area contributed by atoms with Crippen molar-refractivity contribution in [1.29, 1.82) is 0 Å². The van der Waals surface area contributed by atoms with Gasteiger partial charge in [-0.3, -0.25) is 0 Å². The van der Waals surface area contributed by atoms with Crippen molar-refractivity contribution in [3.8, 4) is 0 Å². The smallest absolute Gasteiger partial charge is 0.333 e. The second-order valence-corrected chi connectivity index (χ2v) is 3.41. The minimum absolute atomic E-state index is 0.153. The van der Waals surface area contributed by atoms with Gasteiger partial charge in [-0.2, -0.15) is 0 Å². The SMILES string of the molecule is COCC(CC=O)C(=CN(C)C)C(=O)O. The van der Waals surface area contributed by atoms with Crippen molar-refractivity contribution in [3.05, 3.63) is 11.8 Å². The molecule has 0 radical (unpaired) electrons. The molecule has 5 heteroatoms.